The molecule has 130 valence electrons. The van der Waals surface area contributed by atoms with E-state index in [4.69, 9.17) is 42.8 Å². The SMILES string of the molecule is COC(=O)C1=C(N)Oc2cc(C)oc(=O)c2[C@H]1c1ccc(Cl)cc1Cl. The van der Waals surface area contributed by atoms with Crippen molar-refractivity contribution in [3.05, 3.63) is 73.1 Å². The molecule has 0 fully saturated rings. The number of hydrogen-bond acceptors (Lipinski definition) is 6. The van der Waals surface area contributed by atoms with Crippen LogP contribution in [0.3, 0.4) is 0 Å². The highest BCUT2D eigenvalue weighted by atomic mass is 35.5. The Hall–Kier alpha value is -2.44. The first-order chi connectivity index (χ1) is 11.8. The number of aryl methyl sites for hydroxylation is 1. The van der Waals surface area contributed by atoms with Crippen LogP contribution in [0.1, 0.15) is 22.8 Å². The van der Waals surface area contributed by atoms with Crippen molar-refractivity contribution in [2.75, 3.05) is 7.11 Å². The number of methoxy groups -OCH3 is 1. The number of halogens is 2. The lowest BCUT2D eigenvalue weighted by Gasteiger charge is -2.27. The molecule has 3 rings (SSSR count). The van der Waals surface area contributed by atoms with Crippen LogP contribution in [0.25, 0.3) is 0 Å². The molecule has 0 unspecified atom stereocenters. The molecular formula is C17H13Cl2NO5. The average molecular weight is 382 g/mol. The van der Waals surface area contributed by atoms with Gasteiger partial charge in [0, 0.05) is 16.1 Å². The van der Waals surface area contributed by atoms with Crippen LogP contribution in [-0.4, -0.2) is 13.1 Å². The highest BCUT2D eigenvalue weighted by molar-refractivity contribution is 6.35. The van der Waals surface area contributed by atoms with Crippen molar-refractivity contribution in [3.63, 3.8) is 0 Å². The van der Waals surface area contributed by atoms with Gasteiger partial charge < -0.3 is 19.6 Å². The maximum absolute atomic E-state index is 12.5. The van der Waals surface area contributed by atoms with E-state index < -0.39 is 17.5 Å². The van der Waals surface area contributed by atoms with Crippen LogP contribution >= 0.6 is 23.2 Å². The molecular weight excluding hydrogens is 369 g/mol. The number of nitrogens with two attached hydrogens (primary N) is 1. The van der Waals surface area contributed by atoms with Gasteiger partial charge in [-0.2, -0.15) is 0 Å². The quantitative estimate of drug-likeness (QED) is 0.803. The minimum atomic E-state index is -0.905. The predicted octanol–water partition coefficient (Wildman–Crippen LogP) is 3.12. The van der Waals surface area contributed by atoms with Crippen LogP contribution in [0.2, 0.25) is 10.0 Å². The zero-order valence-corrected chi connectivity index (χ0v) is 14.8. The Morgan fingerprint density at radius 1 is 1.28 bits per heavy atom. The van der Waals surface area contributed by atoms with Crippen LogP contribution in [0.4, 0.5) is 0 Å². The largest absolute Gasteiger partial charge is 0.465 e. The second-order valence-electron chi connectivity index (χ2n) is 5.39. The molecule has 0 bridgehead atoms. The summed E-state index contributed by atoms with van der Waals surface area (Å²) in [4.78, 5) is 24.8. The van der Waals surface area contributed by atoms with E-state index in [1.807, 2.05) is 0 Å². The van der Waals surface area contributed by atoms with E-state index in [-0.39, 0.29) is 27.8 Å². The van der Waals surface area contributed by atoms with E-state index in [1.54, 1.807) is 19.1 Å². The summed E-state index contributed by atoms with van der Waals surface area (Å²) in [5.41, 5.74) is 5.82. The molecule has 0 aliphatic carbocycles. The topological polar surface area (TPSA) is 91.8 Å². The molecule has 0 saturated heterocycles. The Balaban J connectivity index is 2.34. The standard InChI is InChI=1S/C17H13Cl2NO5/c1-7-5-11-13(17(22)24-7)12(9-4-3-8(18)6-10(9)19)14(15(20)25-11)16(21)23-2/h3-6,12H,20H2,1-2H3/t12-/m1/s1. The molecule has 0 spiro atoms. The van der Waals surface area contributed by atoms with Crippen molar-refractivity contribution in [1.82, 2.24) is 0 Å². The van der Waals surface area contributed by atoms with Gasteiger partial charge in [0.15, 0.2) is 0 Å². The second-order valence-corrected chi connectivity index (χ2v) is 6.24. The molecule has 1 aliphatic rings. The van der Waals surface area contributed by atoms with Crippen molar-refractivity contribution in [2.24, 2.45) is 5.73 Å². The fraction of sp³-hybridized carbons (Fsp3) is 0.176. The zero-order chi connectivity index (χ0) is 18.3. The third-order valence-corrected chi connectivity index (χ3v) is 4.38. The molecule has 2 N–H and O–H groups in total. The average Bonchev–Trinajstić information content (AvgIpc) is 2.52. The Morgan fingerprint density at radius 2 is 2.00 bits per heavy atom. The fourth-order valence-electron chi connectivity index (χ4n) is 2.77. The molecule has 0 amide bonds. The summed E-state index contributed by atoms with van der Waals surface area (Å²) < 4.78 is 15.4. The third kappa shape index (κ3) is 2.99. The summed E-state index contributed by atoms with van der Waals surface area (Å²) in [5, 5.41) is 0.674. The fourth-order valence-corrected chi connectivity index (χ4v) is 3.29. The van der Waals surface area contributed by atoms with Gasteiger partial charge in [-0.3, -0.25) is 0 Å². The van der Waals surface area contributed by atoms with Crippen LogP contribution in [0.15, 0.2) is 44.9 Å². The summed E-state index contributed by atoms with van der Waals surface area (Å²) in [5.74, 6) is -1.26. The molecule has 1 aliphatic heterocycles. The summed E-state index contributed by atoms with van der Waals surface area (Å²) in [6.07, 6.45) is 0. The van der Waals surface area contributed by atoms with Crippen molar-refractivity contribution in [3.8, 4) is 5.75 Å². The van der Waals surface area contributed by atoms with Crippen LogP contribution in [-0.2, 0) is 9.53 Å². The Labute approximate surface area is 152 Å². The number of rotatable bonds is 2. The second kappa shape index (κ2) is 6.46. The number of hydrogen-bond donors (Lipinski definition) is 1. The highest BCUT2D eigenvalue weighted by Gasteiger charge is 2.39. The first kappa shape index (κ1) is 17.4. The molecule has 2 heterocycles. The van der Waals surface area contributed by atoms with Gasteiger partial charge in [-0.05, 0) is 24.6 Å². The first-order valence-electron chi connectivity index (χ1n) is 7.19. The molecule has 8 heteroatoms. The van der Waals surface area contributed by atoms with Crippen molar-refractivity contribution in [1.29, 1.82) is 0 Å². The smallest absolute Gasteiger partial charge is 0.343 e. The summed E-state index contributed by atoms with van der Waals surface area (Å²) in [7, 11) is 1.20. The molecule has 6 nitrogen and oxygen atoms in total. The van der Waals surface area contributed by atoms with Crippen molar-refractivity contribution in [2.45, 2.75) is 12.8 Å². The Morgan fingerprint density at radius 3 is 2.64 bits per heavy atom. The number of ether oxygens (including phenoxy) is 2. The lowest BCUT2D eigenvalue weighted by Crippen LogP contribution is -2.30. The maximum atomic E-state index is 12.5. The number of benzene rings is 1. The van der Waals surface area contributed by atoms with E-state index in [2.05, 4.69) is 0 Å². The van der Waals surface area contributed by atoms with E-state index >= 15 is 0 Å². The van der Waals surface area contributed by atoms with Gasteiger partial charge in [0.2, 0.25) is 5.88 Å². The first-order valence-corrected chi connectivity index (χ1v) is 7.94. The van der Waals surface area contributed by atoms with Gasteiger partial charge in [-0.25, -0.2) is 9.59 Å². The predicted molar refractivity (Wildman–Crippen MR) is 91.9 cm³/mol. The van der Waals surface area contributed by atoms with Crippen LogP contribution in [0, 0.1) is 6.92 Å². The van der Waals surface area contributed by atoms with Gasteiger partial charge in [-0.15, -0.1) is 0 Å². The number of carbonyl (C=O) groups excluding carboxylic acids is 1. The summed E-state index contributed by atoms with van der Waals surface area (Å²) >= 11 is 12.2. The van der Waals surface area contributed by atoms with Gasteiger partial charge in [0.05, 0.1) is 18.6 Å². The lowest BCUT2D eigenvalue weighted by atomic mass is 9.83. The molecule has 1 aromatic heterocycles. The van der Waals surface area contributed by atoms with Gasteiger partial charge in [0.1, 0.15) is 17.1 Å². The van der Waals surface area contributed by atoms with E-state index in [1.165, 1.54) is 19.2 Å². The monoisotopic (exact) mass is 381 g/mol. The third-order valence-electron chi connectivity index (χ3n) is 3.81. The molecule has 25 heavy (non-hydrogen) atoms. The lowest BCUT2D eigenvalue weighted by molar-refractivity contribution is -0.136. The molecule has 0 saturated carbocycles. The summed E-state index contributed by atoms with van der Waals surface area (Å²) in [6, 6.07) is 6.24. The minimum Gasteiger partial charge on any atom is -0.465 e. The van der Waals surface area contributed by atoms with Gasteiger partial charge in [0.25, 0.3) is 0 Å². The maximum Gasteiger partial charge on any atom is 0.343 e. The highest BCUT2D eigenvalue weighted by Crippen LogP contribution is 2.43. The van der Waals surface area contributed by atoms with E-state index in [0.29, 0.717) is 16.3 Å². The number of carbonyl (C=O) groups is 1. The van der Waals surface area contributed by atoms with E-state index in [0.717, 1.165) is 0 Å². The molecule has 1 aromatic carbocycles. The minimum absolute atomic E-state index is 0.0321. The molecule has 2 aromatic rings. The Kier molecular flexibility index (Phi) is 4.49. The number of fused-ring (bicyclic) bond motifs is 1. The van der Waals surface area contributed by atoms with E-state index in [9.17, 15) is 9.59 Å². The normalized spacial score (nSPS) is 16.2. The van der Waals surface area contributed by atoms with Crippen LogP contribution in [0.5, 0.6) is 5.75 Å². The zero-order valence-electron chi connectivity index (χ0n) is 13.3. The summed E-state index contributed by atoms with van der Waals surface area (Å²) in [6.45, 7) is 1.60. The van der Waals surface area contributed by atoms with Gasteiger partial charge in [-0.1, -0.05) is 29.3 Å². The van der Waals surface area contributed by atoms with Crippen molar-refractivity contribution >= 4 is 29.2 Å². The molecule has 0 radical (unpaired) electrons. The Bertz CT molecular complexity index is 964. The van der Waals surface area contributed by atoms with Gasteiger partial charge >= 0.3 is 11.6 Å². The molecule has 1 atom stereocenters. The number of esters is 1. The van der Waals surface area contributed by atoms with Crippen LogP contribution < -0.4 is 16.1 Å². The van der Waals surface area contributed by atoms with Crippen molar-refractivity contribution < 1.29 is 18.7 Å².